The van der Waals surface area contributed by atoms with Crippen LogP contribution in [0.1, 0.15) is 38.8 Å². The first-order valence-corrected chi connectivity index (χ1v) is 14.8. The predicted molar refractivity (Wildman–Crippen MR) is 175 cm³/mol. The molecule has 0 radical (unpaired) electrons. The predicted octanol–water partition coefficient (Wildman–Crippen LogP) is 7.65. The second-order valence-corrected chi connectivity index (χ2v) is 12.5. The third-order valence-electron chi connectivity index (χ3n) is 7.53. The van der Waals surface area contributed by atoms with Crippen molar-refractivity contribution in [2.24, 2.45) is 9.98 Å². The summed E-state index contributed by atoms with van der Waals surface area (Å²) in [5.41, 5.74) is 6.10. The summed E-state index contributed by atoms with van der Waals surface area (Å²) in [5, 5.41) is 0. The zero-order valence-corrected chi connectivity index (χ0v) is 25.3. The molecular formula is C37H33N5O2. The Hall–Kier alpha value is -5.17. The molecule has 0 bridgehead atoms. The van der Waals surface area contributed by atoms with E-state index in [1.807, 2.05) is 78.9 Å². The molecule has 7 rings (SSSR count). The lowest BCUT2D eigenvalue weighted by Gasteiger charge is -2.11. The standard InChI is InChI=1S/C37H33N5O2/c1-36(2)22-43-34(41-36)29-17-9-15-27(20-29)32-38-31(26-14-8-13-25(19-26)24-11-6-5-7-12-24)39-33(40-32)28-16-10-18-30(21-28)35-42-37(3,4)23-44-35/h5-21H,22-23H2,1-4H3. The Balaban J connectivity index is 1.35. The number of ether oxygens (including phenoxy) is 2. The third-order valence-corrected chi connectivity index (χ3v) is 7.53. The van der Waals surface area contributed by atoms with E-state index < -0.39 is 0 Å². The van der Waals surface area contributed by atoms with Crippen LogP contribution in [-0.4, -0.2) is 51.0 Å². The van der Waals surface area contributed by atoms with Crippen LogP contribution in [0, 0.1) is 0 Å². The van der Waals surface area contributed by atoms with Gasteiger partial charge in [-0.05, 0) is 69.2 Å². The zero-order chi connectivity index (χ0) is 30.3. The van der Waals surface area contributed by atoms with Crippen LogP contribution in [0.5, 0.6) is 0 Å². The van der Waals surface area contributed by atoms with Crippen LogP contribution < -0.4 is 0 Å². The molecule has 0 atom stereocenters. The van der Waals surface area contributed by atoms with Crippen LogP contribution in [0.15, 0.2) is 113 Å². The Bertz CT molecular complexity index is 1830. The smallest absolute Gasteiger partial charge is 0.216 e. The molecular weight excluding hydrogens is 546 g/mol. The summed E-state index contributed by atoms with van der Waals surface area (Å²) in [7, 11) is 0. The van der Waals surface area contributed by atoms with Crippen molar-refractivity contribution in [2.75, 3.05) is 13.2 Å². The van der Waals surface area contributed by atoms with Crippen molar-refractivity contribution in [3.05, 3.63) is 114 Å². The molecule has 3 heterocycles. The Morgan fingerprint density at radius 1 is 0.432 bits per heavy atom. The van der Waals surface area contributed by atoms with Gasteiger partial charge >= 0.3 is 0 Å². The van der Waals surface area contributed by atoms with E-state index in [0.29, 0.717) is 42.5 Å². The van der Waals surface area contributed by atoms with E-state index in [9.17, 15) is 0 Å². The minimum absolute atomic E-state index is 0.254. The van der Waals surface area contributed by atoms with Gasteiger partial charge in [-0.2, -0.15) is 0 Å². The minimum Gasteiger partial charge on any atom is -0.475 e. The average Bonchev–Trinajstić information content (AvgIpc) is 3.62. The number of rotatable bonds is 6. The molecule has 218 valence electrons. The van der Waals surface area contributed by atoms with Crippen molar-refractivity contribution >= 4 is 11.8 Å². The first kappa shape index (κ1) is 27.7. The molecule has 0 N–H and O–H groups in total. The average molecular weight is 580 g/mol. The molecule has 7 heteroatoms. The highest BCUT2D eigenvalue weighted by molar-refractivity contribution is 5.97. The first-order valence-electron chi connectivity index (χ1n) is 14.8. The van der Waals surface area contributed by atoms with Gasteiger partial charge in [-0.15, -0.1) is 0 Å². The number of hydrogen-bond donors (Lipinski definition) is 0. The van der Waals surface area contributed by atoms with Crippen LogP contribution in [0.2, 0.25) is 0 Å². The summed E-state index contributed by atoms with van der Waals surface area (Å²) in [4.78, 5) is 24.5. The molecule has 0 spiro atoms. The largest absolute Gasteiger partial charge is 0.475 e. The Kier molecular flexibility index (Phi) is 6.81. The maximum atomic E-state index is 5.94. The normalized spacial score (nSPS) is 16.5. The van der Waals surface area contributed by atoms with Gasteiger partial charge in [0.05, 0.1) is 11.1 Å². The van der Waals surface area contributed by atoms with Gasteiger partial charge in [0.2, 0.25) is 11.8 Å². The van der Waals surface area contributed by atoms with Crippen LogP contribution in [-0.2, 0) is 9.47 Å². The Labute approximate surface area is 257 Å². The second kappa shape index (κ2) is 10.8. The highest BCUT2D eigenvalue weighted by atomic mass is 16.5. The zero-order valence-electron chi connectivity index (χ0n) is 25.3. The molecule has 7 nitrogen and oxygen atoms in total. The summed E-state index contributed by atoms with van der Waals surface area (Å²) < 4.78 is 11.9. The fourth-order valence-electron chi connectivity index (χ4n) is 5.28. The molecule has 0 unspecified atom stereocenters. The second-order valence-electron chi connectivity index (χ2n) is 12.5. The van der Waals surface area contributed by atoms with Crippen molar-refractivity contribution in [1.29, 1.82) is 0 Å². The molecule has 0 saturated heterocycles. The Morgan fingerprint density at radius 3 is 1.20 bits per heavy atom. The summed E-state index contributed by atoms with van der Waals surface area (Å²) in [6, 6.07) is 34.7. The van der Waals surface area contributed by atoms with Crippen molar-refractivity contribution in [2.45, 2.75) is 38.8 Å². The summed E-state index contributed by atoms with van der Waals surface area (Å²) in [6.07, 6.45) is 0. The van der Waals surface area contributed by atoms with E-state index in [1.165, 1.54) is 0 Å². The molecule has 2 aliphatic heterocycles. The number of nitrogens with zero attached hydrogens (tertiary/aromatic N) is 5. The topological polar surface area (TPSA) is 81.9 Å². The van der Waals surface area contributed by atoms with Gasteiger partial charge in [0, 0.05) is 27.8 Å². The van der Waals surface area contributed by atoms with Gasteiger partial charge in [-0.3, -0.25) is 0 Å². The van der Waals surface area contributed by atoms with E-state index in [1.54, 1.807) is 0 Å². The van der Waals surface area contributed by atoms with E-state index >= 15 is 0 Å². The van der Waals surface area contributed by atoms with Crippen LogP contribution >= 0.6 is 0 Å². The molecule has 1 aromatic heterocycles. The van der Waals surface area contributed by atoms with Crippen LogP contribution in [0.4, 0.5) is 0 Å². The van der Waals surface area contributed by atoms with Gasteiger partial charge in [0.15, 0.2) is 17.5 Å². The number of benzene rings is 4. The number of hydrogen-bond acceptors (Lipinski definition) is 7. The minimum atomic E-state index is -0.254. The van der Waals surface area contributed by atoms with E-state index in [-0.39, 0.29) is 11.1 Å². The van der Waals surface area contributed by atoms with Crippen LogP contribution in [0.3, 0.4) is 0 Å². The van der Waals surface area contributed by atoms with Gasteiger partial charge in [-0.1, -0.05) is 72.8 Å². The van der Waals surface area contributed by atoms with E-state index in [4.69, 9.17) is 34.4 Å². The quantitative estimate of drug-likeness (QED) is 0.206. The van der Waals surface area contributed by atoms with E-state index in [2.05, 4.69) is 52.0 Å². The van der Waals surface area contributed by atoms with Crippen molar-refractivity contribution < 1.29 is 9.47 Å². The lowest BCUT2D eigenvalue weighted by Crippen LogP contribution is -2.17. The van der Waals surface area contributed by atoms with Crippen molar-refractivity contribution in [3.8, 4) is 45.3 Å². The number of aliphatic imine (C=N–C) groups is 2. The van der Waals surface area contributed by atoms with Gasteiger partial charge < -0.3 is 9.47 Å². The highest BCUT2D eigenvalue weighted by Crippen LogP contribution is 2.30. The SMILES string of the molecule is CC1(C)COC(c2cccc(-c3nc(-c4cccc(C5=NC(C)(C)CO5)c4)nc(-c4cccc(-c5ccccc5)c4)n3)c2)=N1. The maximum Gasteiger partial charge on any atom is 0.216 e. The number of aromatic nitrogens is 3. The molecule has 0 aliphatic carbocycles. The molecule has 44 heavy (non-hydrogen) atoms. The fourth-order valence-corrected chi connectivity index (χ4v) is 5.28. The summed E-state index contributed by atoms with van der Waals surface area (Å²) in [5.74, 6) is 2.99. The Morgan fingerprint density at radius 2 is 0.795 bits per heavy atom. The molecule has 0 amide bonds. The molecule has 5 aromatic rings. The summed E-state index contributed by atoms with van der Waals surface area (Å²) >= 11 is 0. The molecule has 4 aromatic carbocycles. The molecule has 2 aliphatic rings. The monoisotopic (exact) mass is 579 g/mol. The lowest BCUT2D eigenvalue weighted by molar-refractivity contribution is 0.279. The lowest BCUT2D eigenvalue weighted by atomic mass is 10.0. The van der Waals surface area contributed by atoms with Crippen LogP contribution in [0.25, 0.3) is 45.3 Å². The van der Waals surface area contributed by atoms with Gasteiger partial charge in [0.1, 0.15) is 13.2 Å². The highest BCUT2D eigenvalue weighted by Gasteiger charge is 2.28. The molecule has 0 fully saturated rings. The fraction of sp³-hybridized carbons (Fsp3) is 0.216. The maximum absolute atomic E-state index is 5.94. The van der Waals surface area contributed by atoms with Crippen molar-refractivity contribution in [3.63, 3.8) is 0 Å². The van der Waals surface area contributed by atoms with Gasteiger partial charge in [-0.25, -0.2) is 24.9 Å². The van der Waals surface area contributed by atoms with Gasteiger partial charge in [0.25, 0.3) is 0 Å². The third kappa shape index (κ3) is 5.73. The van der Waals surface area contributed by atoms with Crippen molar-refractivity contribution in [1.82, 2.24) is 15.0 Å². The van der Waals surface area contributed by atoms with E-state index in [0.717, 1.165) is 38.9 Å². The first-order chi connectivity index (χ1) is 21.2. The molecule has 0 saturated carbocycles. The summed E-state index contributed by atoms with van der Waals surface area (Å²) in [6.45, 7) is 9.36.